The van der Waals surface area contributed by atoms with Gasteiger partial charge in [-0.1, -0.05) is 43.6 Å². The van der Waals surface area contributed by atoms with E-state index < -0.39 is 28.6 Å². The Morgan fingerprint density at radius 2 is 1.70 bits per heavy atom. The van der Waals surface area contributed by atoms with Crippen molar-refractivity contribution in [2.24, 2.45) is 0 Å². The molecule has 0 aromatic heterocycles. The Labute approximate surface area is 159 Å². The van der Waals surface area contributed by atoms with Crippen LogP contribution in [0.3, 0.4) is 0 Å². The number of amides is 2. The number of hydrogen-bond acceptors (Lipinski definition) is 2. The fourth-order valence-electron chi connectivity index (χ4n) is 2.45. The second-order valence-electron chi connectivity index (χ2n) is 6.00. The summed E-state index contributed by atoms with van der Waals surface area (Å²) in [6, 6.07) is 9.93. The molecule has 0 spiro atoms. The van der Waals surface area contributed by atoms with E-state index in [2.05, 4.69) is 10.6 Å². The molecule has 0 radical (unpaired) electrons. The summed E-state index contributed by atoms with van der Waals surface area (Å²) in [6.07, 6.45) is -3.83. The van der Waals surface area contributed by atoms with Crippen LogP contribution >= 0.6 is 11.6 Å². The van der Waals surface area contributed by atoms with Crippen molar-refractivity contribution in [1.29, 1.82) is 0 Å². The lowest BCUT2D eigenvalue weighted by atomic mass is 9.97. The predicted octanol–water partition coefficient (Wildman–Crippen LogP) is 5.45. The summed E-state index contributed by atoms with van der Waals surface area (Å²) in [6.45, 7) is 3.98. The standard InChI is InChI=1S/C19H18ClF3N2O2/c1-3-11(2)13-6-4-5-7-16(13)25-18(27)17(26)24-12-8-9-15(20)14(10-12)19(21,22)23/h4-11H,3H2,1-2H3,(H,24,26)(H,25,27). The lowest BCUT2D eigenvalue weighted by Gasteiger charge is -2.15. The van der Waals surface area contributed by atoms with Gasteiger partial charge >= 0.3 is 18.0 Å². The zero-order valence-electron chi connectivity index (χ0n) is 14.7. The summed E-state index contributed by atoms with van der Waals surface area (Å²) in [4.78, 5) is 24.2. The van der Waals surface area contributed by atoms with E-state index in [4.69, 9.17) is 11.6 Å². The number of para-hydroxylation sites is 1. The van der Waals surface area contributed by atoms with Gasteiger partial charge in [-0.15, -0.1) is 0 Å². The highest BCUT2D eigenvalue weighted by atomic mass is 35.5. The largest absolute Gasteiger partial charge is 0.417 e. The van der Waals surface area contributed by atoms with Gasteiger partial charge in [-0.05, 0) is 42.2 Å². The third-order valence-corrected chi connectivity index (χ3v) is 4.42. The zero-order valence-corrected chi connectivity index (χ0v) is 15.4. The van der Waals surface area contributed by atoms with Crippen molar-refractivity contribution >= 4 is 34.8 Å². The highest BCUT2D eigenvalue weighted by molar-refractivity contribution is 6.43. The molecular weight excluding hydrogens is 381 g/mol. The molecular formula is C19H18ClF3N2O2. The summed E-state index contributed by atoms with van der Waals surface area (Å²) in [5.74, 6) is -1.89. The van der Waals surface area contributed by atoms with Crippen molar-refractivity contribution in [3.05, 3.63) is 58.6 Å². The fourth-order valence-corrected chi connectivity index (χ4v) is 2.67. The lowest BCUT2D eigenvalue weighted by molar-refractivity contribution is -0.137. The van der Waals surface area contributed by atoms with Gasteiger partial charge in [-0.3, -0.25) is 9.59 Å². The Kier molecular flexibility index (Phi) is 6.49. The van der Waals surface area contributed by atoms with Crippen LogP contribution in [0.1, 0.15) is 37.3 Å². The quantitative estimate of drug-likeness (QED) is 0.673. The molecule has 2 aromatic carbocycles. The van der Waals surface area contributed by atoms with Crippen molar-refractivity contribution in [2.45, 2.75) is 32.4 Å². The van der Waals surface area contributed by atoms with Crippen LogP contribution in [-0.2, 0) is 15.8 Å². The van der Waals surface area contributed by atoms with Crippen molar-refractivity contribution in [1.82, 2.24) is 0 Å². The Balaban J connectivity index is 2.15. The molecule has 144 valence electrons. The number of hydrogen-bond donors (Lipinski definition) is 2. The summed E-state index contributed by atoms with van der Waals surface area (Å²) >= 11 is 5.54. The van der Waals surface area contributed by atoms with E-state index in [1.807, 2.05) is 26.0 Å². The first-order chi connectivity index (χ1) is 12.6. The van der Waals surface area contributed by atoms with E-state index in [1.165, 1.54) is 6.07 Å². The molecule has 0 heterocycles. The highest BCUT2D eigenvalue weighted by Gasteiger charge is 2.33. The van der Waals surface area contributed by atoms with Gasteiger partial charge in [0.05, 0.1) is 10.6 Å². The predicted molar refractivity (Wildman–Crippen MR) is 98.9 cm³/mol. The molecule has 1 atom stereocenters. The maximum absolute atomic E-state index is 12.9. The number of benzene rings is 2. The number of anilines is 2. The van der Waals surface area contributed by atoms with Crippen molar-refractivity contribution in [3.63, 3.8) is 0 Å². The second kappa shape index (κ2) is 8.43. The smallest absolute Gasteiger partial charge is 0.318 e. The topological polar surface area (TPSA) is 58.2 Å². The van der Waals surface area contributed by atoms with Gasteiger partial charge in [-0.25, -0.2) is 0 Å². The minimum Gasteiger partial charge on any atom is -0.318 e. The van der Waals surface area contributed by atoms with Crippen LogP contribution < -0.4 is 10.6 Å². The number of nitrogens with one attached hydrogen (secondary N) is 2. The average molecular weight is 399 g/mol. The Bertz CT molecular complexity index is 853. The van der Waals surface area contributed by atoms with Gasteiger partial charge in [-0.2, -0.15) is 13.2 Å². The number of halogens is 4. The minimum atomic E-state index is -4.67. The van der Waals surface area contributed by atoms with Crippen molar-refractivity contribution in [3.8, 4) is 0 Å². The summed E-state index contributed by atoms with van der Waals surface area (Å²) < 4.78 is 38.7. The SMILES string of the molecule is CCC(C)c1ccccc1NC(=O)C(=O)Nc1ccc(Cl)c(C(F)(F)F)c1. The lowest BCUT2D eigenvalue weighted by Crippen LogP contribution is -2.29. The van der Waals surface area contributed by atoms with E-state index in [1.54, 1.807) is 12.1 Å². The van der Waals surface area contributed by atoms with Crippen LogP contribution in [0.25, 0.3) is 0 Å². The molecule has 8 heteroatoms. The number of carbonyl (C=O) groups is 2. The molecule has 2 N–H and O–H groups in total. The second-order valence-corrected chi connectivity index (χ2v) is 6.40. The molecule has 0 bridgehead atoms. The van der Waals surface area contributed by atoms with Gasteiger partial charge < -0.3 is 10.6 Å². The number of alkyl halides is 3. The van der Waals surface area contributed by atoms with Gasteiger partial charge in [0, 0.05) is 11.4 Å². The van der Waals surface area contributed by atoms with Gasteiger partial charge in [0.1, 0.15) is 0 Å². The first kappa shape index (κ1) is 20.8. The van der Waals surface area contributed by atoms with Gasteiger partial charge in [0.2, 0.25) is 0 Å². The van der Waals surface area contributed by atoms with E-state index in [0.29, 0.717) is 11.8 Å². The monoisotopic (exact) mass is 398 g/mol. The molecule has 0 fully saturated rings. The maximum atomic E-state index is 12.9. The molecule has 2 rings (SSSR count). The van der Waals surface area contributed by atoms with Crippen LogP contribution in [0.2, 0.25) is 5.02 Å². The Morgan fingerprint density at radius 1 is 1.07 bits per heavy atom. The minimum absolute atomic E-state index is 0.162. The third-order valence-electron chi connectivity index (χ3n) is 4.09. The van der Waals surface area contributed by atoms with Gasteiger partial charge in [0.25, 0.3) is 0 Å². The summed E-state index contributed by atoms with van der Waals surface area (Å²) in [7, 11) is 0. The van der Waals surface area contributed by atoms with Crippen molar-refractivity contribution < 1.29 is 22.8 Å². The van der Waals surface area contributed by atoms with Crippen LogP contribution in [0.5, 0.6) is 0 Å². The zero-order chi connectivity index (χ0) is 20.2. The fraction of sp³-hybridized carbons (Fsp3) is 0.263. The normalized spacial score (nSPS) is 12.4. The van der Waals surface area contributed by atoms with E-state index in [9.17, 15) is 22.8 Å². The molecule has 2 amide bonds. The van der Waals surface area contributed by atoms with Crippen LogP contribution in [0.4, 0.5) is 24.5 Å². The highest BCUT2D eigenvalue weighted by Crippen LogP contribution is 2.36. The molecule has 0 saturated carbocycles. The first-order valence-electron chi connectivity index (χ1n) is 8.21. The summed E-state index contributed by atoms with van der Waals surface area (Å²) in [5, 5.41) is 4.16. The molecule has 0 aliphatic heterocycles. The van der Waals surface area contributed by atoms with E-state index in [0.717, 1.165) is 18.1 Å². The Hall–Kier alpha value is -2.54. The molecule has 4 nitrogen and oxygen atoms in total. The van der Waals surface area contributed by atoms with E-state index in [-0.39, 0.29) is 11.6 Å². The molecule has 2 aromatic rings. The number of rotatable bonds is 4. The molecule has 0 aliphatic carbocycles. The average Bonchev–Trinajstić information content (AvgIpc) is 2.62. The van der Waals surface area contributed by atoms with E-state index >= 15 is 0 Å². The number of carbonyl (C=O) groups excluding carboxylic acids is 2. The third kappa shape index (κ3) is 5.23. The molecule has 0 saturated heterocycles. The molecule has 27 heavy (non-hydrogen) atoms. The Morgan fingerprint density at radius 3 is 2.33 bits per heavy atom. The van der Waals surface area contributed by atoms with Gasteiger partial charge in [0.15, 0.2) is 0 Å². The van der Waals surface area contributed by atoms with Crippen LogP contribution in [0.15, 0.2) is 42.5 Å². The molecule has 0 aliphatic rings. The first-order valence-corrected chi connectivity index (χ1v) is 8.59. The molecule has 1 unspecified atom stereocenters. The van der Waals surface area contributed by atoms with Crippen LogP contribution in [0, 0.1) is 0 Å². The van der Waals surface area contributed by atoms with Crippen molar-refractivity contribution in [2.75, 3.05) is 10.6 Å². The summed E-state index contributed by atoms with van der Waals surface area (Å²) in [5.41, 5.74) is 0.0812. The van der Waals surface area contributed by atoms with Crippen LogP contribution in [-0.4, -0.2) is 11.8 Å². The maximum Gasteiger partial charge on any atom is 0.417 e.